The minimum absolute atomic E-state index is 0.0776. The van der Waals surface area contributed by atoms with Crippen LogP contribution in [0, 0.1) is 0 Å². The van der Waals surface area contributed by atoms with E-state index >= 15 is 0 Å². The van der Waals surface area contributed by atoms with Crippen LogP contribution in [-0.4, -0.2) is 24.4 Å². The molecule has 2 aromatic rings. The van der Waals surface area contributed by atoms with Crippen molar-refractivity contribution < 1.29 is 14.3 Å². The molecule has 2 atom stereocenters. The average Bonchev–Trinajstić information content (AvgIpc) is 3.00. The van der Waals surface area contributed by atoms with Crippen molar-refractivity contribution in [2.24, 2.45) is 0 Å². The standard InChI is InChI=1S/C16H21NO3/c1-13(16-8-5-9-20-16)17-10-15(18)12-19-11-14-6-3-2-4-7-14/h2-9,13,15,17-18H,10-12H2,1H3. The van der Waals surface area contributed by atoms with E-state index in [0.717, 1.165) is 11.3 Å². The van der Waals surface area contributed by atoms with Crippen LogP contribution in [0.3, 0.4) is 0 Å². The first kappa shape index (κ1) is 14.8. The maximum absolute atomic E-state index is 9.86. The van der Waals surface area contributed by atoms with Gasteiger partial charge in [-0.1, -0.05) is 30.3 Å². The number of ether oxygens (including phenoxy) is 1. The van der Waals surface area contributed by atoms with Crippen LogP contribution in [0.2, 0.25) is 0 Å². The molecule has 0 saturated heterocycles. The fraction of sp³-hybridized carbons (Fsp3) is 0.375. The molecule has 0 fully saturated rings. The zero-order valence-electron chi connectivity index (χ0n) is 11.7. The number of hydrogen-bond acceptors (Lipinski definition) is 4. The highest BCUT2D eigenvalue weighted by molar-refractivity contribution is 5.13. The third-order valence-electron chi connectivity index (χ3n) is 3.05. The lowest BCUT2D eigenvalue weighted by Crippen LogP contribution is -2.32. The summed E-state index contributed by atoms with van der Waals surface area (Å²) in [6.45, 7) is 3.30. The van der Waals surface area contributed by atoms with Crippen LogP contribution in [0.4, 0.5) is 0 Å². The monoisotopic (exact) mass is 275 g/mol. The molecule has 0 spiro atoms. The maximum atomic E-state index is 9.86. The van der Waals surface area contributed by atoms with Crippen molar-refractivity contribution in [3.63, 3.8) is 0 Å². The van der Waals surface area contributed by atoms with Gasteiger partial charge in [-0.15, -0.1) is 0 Å². The SMILES string of the molecule is CC(NCC(O)COCc1ccccc1)c1ccco1. The summed E-state index contributed by atoms with van der Waals surface area (Å²) in [4.78, 5) is 0. The van der Waals surface area contributed by atoms with E-state index in [1.807, 2.05) is 49.4 Å². The molecule has 20 heavy (non-hydrogen) atoms. The number of benzene rings is 1. The zero-order chi connectivity index (χ0) is 14.2. The van der Waals surface area contributed by atoms with Crippen LogP contribution in [0.25, 0.3) is 0 Å². The highest BCUT2D eigenvalue weighted by Gasteiger charge is 2.10. The smallest absolute Gasteiger partial charge is 0.120 e. The lowest BCUT2D eigenvalue weighted by Gasteiger charge is -2.15. The topological polar surface area (TPSA) is 54.6 Å². The second kappa shape index (κ2) is 7.85. The van der Waals surface area contributed by atoms with Crippen molar-refractivity contribution in [3.8, 4) is 0 Å². The van der Waals surface area contributed by atoms with Gasteiger partial charge in [0.05, 0.1) is 31.6 Å². The largest absolute Gasteiger partial charge is 0.468 e. The van der Waals surface area contributed by atoms with Gasteiger partial charge in [-0.3, -0.25) is 0 Å². The number of furan rings is 1. The molecule has 4 nitrogen and oxygen atoms in total. The Hall–Kier alpha value is -1.62. The zero-order valence-corrected chi connectivity index (χ0v) is 11.7. The molecule has 0 aliphatic carbocycles. The first-order chi connectivity index (χ1) is 9.75. The highest BCUT2D eigenvalue weighted by Crippen LogP contribution is 2.11. The van der Waals surface area contributed by atoms with E-state index in [-0.39, 0.29) is 6.04 Å². The lowest BCUT2D eigenvalue weighted by molar-refractivity contribution is 0.0275. The first-order valence-electron chi connectivity index (χ1n) is 6.82. The molecule has 0 amide bonds. The van der Waals surface area contributed by atoms with E-state index in [9.17, 15) is 5.11 Å². The van der Waals surface area contributed by atoms with Crippen molar-refractivity contribution in [3.05, 3.63) is 60.1 Å². The molecule has 2 rings (SSSR count). The van der Waals surface area contributed by atoms with Gasteiger partial charge < -0.3 is 19.6 Å². The molecular weight excluding hydrogens is 254 g/mol. The predicted molar refractivity (Wildman–Crippen MR) is 77.2 cm³/mol. The minimum Gasteiger partial charge on any atom is -0.468 e. The van der Waals surface area contributed by atoms with E-state index in [1.165, 1.54) is 0 Å². The molecular formula is C16H21NO3. The highest BCUT2D eigenvalue weighted by atomic mass is 16.5. The maximum Gasteiger partial charge on any atom is 0.120 e. The molecule has 4 heteroatoms. The van der Waals surface area contributed by atoms with Crippen LogP contribution >= 0.6 is 0 Å². The summed E-state index contributed by atoms with van der Waals surface area (Å²) in [6, 6.07) is 13.8. The van der Waals surface area contributed by atoms with Gasteiger partial charge in [-0.25, -0.2) is 0 Å². The van der Waals surface area contributed by atoms with Crippen LogP contribution in [0.5, 0.6) is 0 Å². The van der Waals surface area contributed by atoms with E-state index in [2.05, 4.69) is 5.32 Å². The number of hydrogen-bond donors (Lipinski definition) is 2. The van der Waals surface area contributed by atoms with Gasteiger partial charge in [0.15, 0.2) is 0 Å². The molecule has 2 N–H and O–H groups in total. The second-order valence-corrected chi connectivity index (χ2v) is 4.80. The van der Waals surface area contributed by atoms with E-state index < -0.39 is 6.10 Å². The quantitative estimate of drug-likeness (QED) is 0.777. The molecule has 0 aliphatic rings. The summed E-state index contributed by atoms with van der Waals surface area (Å²) >= 11 is 0. The van der Waals surface area contributed by atoms with Gasteiger partial charge in [-0.2, -0.15) is 0 Å². The summed E-state index contributed by atoms with van der Waals surface area (Å²) in [5, 5.41) is 13.1. The molecule has 2 unspecified atom stereocenters. The van der Waals surface area contributed by atoms with Gasteiger partial charge in [0.1, 0.15) is 5.76 Å². The normalized spacial score (nSPS) is 14.1. The van der Waals surface area contributed by atoms with Crippen molar-refractivity contribution in [2.75, 3.05) is 13.2 Å². The summed E-state index contributed by atoms with van der Waals surface area (Å²) in [6.07, 6.45) is 1.11. The van der Waals surface area contributed by atoms with Gasteiger partial charge in [0.25, 0.3) is 0 Å². The first-order valence-corrected chi connectivity index (χ1v) is 6.82. The summed E-state index contributed by atoms with van der Waals surface area (Å²) in [5.74, 6) is 0.863. The Labute approximate surface area is 119 Å². The van der Waals surface area contributed by atoms with Gasteiger partial charge in [-0.05, 0) is 24.6 Å². The van der Waals surface area contributed by atoms with Crippen molar-refractivity contribution in [2.45, 2.75) is 25.7 Å². The summed E-state index contributed by atoms with van der Waals surface area (Å²) in [5.41, 5.74) is 1.11. The molecule has 1 heterocycles. The van der Waals surface area contributed by atoms with Crippen LogP contribution in [0.1, 0.15) is 24.3 Å². The number of nitrogens with one attached hydrogen (secondary N) is 1. The number of aliphatic hydroxyl groups is 1. The minimum atomic E-state index is -0.531. The van der Waals surface area contributed by atoms with Crippen LogP contribution in [-0.2, 0) is 11.3 Å². The Morgan fingerprint density at radius 1 is 1.20 bits per heavy atom. The molecule has 0 aliphatic heterocycles. The molecule has 1 aromatic carbocycles. The van der Waals surface area contributed by atoms with Crippen molar-refractivity contribution >= 4 is 0 Å². The average molecular weight is 275 g/mol. The fourth-order valence-corrected chi connectivity index (χ4v) is 1.90. The van der Waals surface area contributed by atoms with Gasteiger partial charge in [0, 0.05) is 6.54 Å². The Bertz CT molecular complexity index is 470. The van der Waals surface area contributed by atoms with E-state index in [1.54, 1.807) is 6.26 Å². The molecule has 0 radical (unpaired) electrons. The Balaban J connectivity index is 1.62. The van der Waals surface area contributed by atoms with Crippen LogP contribution in [0.15, 0.2) is 53.1 Å². The lowest BCUT2D eigenvalue weighted by atomic mass is 10.2. The third kappa shape index (κ3) is 4.81. The second-order valence-electron chi connectivity index (χ2n) is 4.80. The summed E-state index contributed by atoms with van der Waals surface area (Å²) < 4.78 is 10.8. The Morgan fingerprint density at radius 3 is 2.70 bits per heavy atom. The van der Waals surface area contributed by atoms with Gasteiger partial charge >= 0.3 is 0 Å². The molecule has 0 saturated carbocycles. The summed E-state index contributed by atoms with van der Waals surface area (Å²) in [7, 11) is 0. The Kier molecular flexibility index (Phi) is 5.80. The van der Waals surface area contributed by atoms with E-state index in [4.69, 9.17) is 9.15 Å². The molecule has 108 valence electrons. The van der Waals surface area contributed by atoms with Crippen molar-refractivity contribution in [1.29, 1.82) is 0 Å². The number of rotatable bonds is 8. The molecule has 0 bridgehead atoms. The Morgan fingerprint density at radius 2 is 2.00 bits per heavy atom. The molecule has 1 aromatic heterocycles. The third-order valence-corrected chi connectivity index (χ3v) is 3.05. The van der Waals surface area contributed by atoms with E-state index in [0.29, 0.717) is 19.8 Å². The van der Waals surface area contributed by atoms with Crippen LogP contribution < -0.4 is 5.32 Å². The number of aliphatic hydroxyl groups excluding tert-OH is 1. The fourth-order valence-electron chi connectivity index (χ4n) is 1.90. The van der Waals surface area contributed by atoms with Gasteiger partial charge in [0.2, 0.25) is 0 Å². The predicted octanol–water partition coefficient (Wildman–Crippen LogP) is 2.51. The van der Waals surface area contributed by atoms with Crippen molar-refractivity contribution in [1.82, 2.24) is 5.32 Å².